The molecule has 0 aliphatic heterocycles. The normalized spacial score (nSPS) is 11.4. The highest BCUT2D eigenvalue weighted by atomic mass is 35.7. The number of nitrogens with zero attached hydrogens (tertiary/aromatic N) is 2. The molecule has 0 fully saturated rings. The summed E-state index contributed by atoms with van der Waals surface area (Å²) in [6.45, 7) is 0. The van der Waals surface area contributed by atoms with Crippen LogP contribution >= 0.6 is 10.7 Å². The van der Waals surface area contributed by atoms with E-state index in [0.29, 0.717) is 0 Å². The molecule has 5 nitrogen and oxygen atoms in total. The second kappa shape index (κ2) is 2.63. The molecule has 0 aliphatic carbocycles. The van der Waals surface area contributed by atoms with Gasteiger partial charge in [0.25, 0.3) is 9.05 Å². The van der Waals surface area contributed by atoms with E-state index in [9.17, 15) is 8.42 Å². The van der Waals surface area contributed by atoms with Gasteiger partial charge in [-0.25, -0.2) is 18.4 Å². The van der Waals surface area contributed by atoms with Crippen molar-refractivity contribution < 1.29 is 8.42 Å². The van der Waals surface area contributed by atoms with E-state index in [1.54, 1.807) is 0 Å². The van der Waals surface area contributed by atoms with Crippen LogP contribution in [0.2, 0.25) is 0 Å². The third-order valence-electron chi connectivity index (χ3n) is 0.898. The Morgan fingerprint density at radius 3 is 2.55 bits per heavy atom. The van der Waals surface area contributed by atoms with Crippen LogP contribution < -0.4 is 5.73 Å². The third kappa shape index (κ3) is 2.02. The number of anilines is 1. The number of nitrogen functional groups attached to an aromatic ring is 1. The lowest BCUT2D eigenvalue weighted by Gasteiger charge is -1.93. The average Bonchev–Trinajstić information content (AvgIpc) is 1.86. The van der Waals surface area contributed by atoms with Crippen LogP contribution in [0.25, 0.3) is 0 Å². The lowest BCUT2D eigenvalue weighted by atomic mass is 10.7. The van der Waals surface area contributed by atoms with Gasteiger partial charge in [-0.05, 0) is 6.07 Å². The highest BCUT2D eigenvalue weighted by Gasteiger charge is 2.11. The molecule has 0 unspecified atom stereocenters. The fourth-order valence-corrected chi connectivity index (χ4v) is 1.18. The molecular weight excluding hydrogens is 190 g/mol. The maximum Gasteiger partial charge on any atom is 0.278 e. The van der Waals surface area contributed by atoms with E-state index in [0.717, 1.165) is 0 Å². The molecule has 0 saturated heterocycles. The third-order valence-corrected chi connectivity index (χ3v) is 2.10. The van der Waals surface area contributed by atoms with Crippen LogP contribution in [0.1, 0.15) is 0 Å². The number of halogens is 1. The van der Waals surface area contributed by atoms with E-state index < -0.39 is 9.05 Å². The van der Waals surface area contributed by atoms with Crippen molar-refractivity contribution in [1.29, 1.82) is 0 Å². The highest BCUT2D eigenvalue weighted by molar-refractivity contribution is 8.13. The standard InChI is InChI=1S/C4H4ClN3O2S/c5-11(9,10)3-1-2-7-4(6)8-3/h1-2H,(H2,6,7,8). The molecule has 1 heterocycles. The van der Waals surface area contributed by atoms with Crippen molar-refractivity contribution in [2.45, 2.75) is 5.03 Å². The molecule has 11 heavy (non-hydrogen) atoms. The molecule has 0 bridgehead atoms. The molecule has 1 aromatic heterocycles. The van der Waals surface area contributed by atoms with Crippen LogP contribution in [0.3, 0.4) is 0 Å². The second-order valence-corrected chi connectivity index (χ2v) is 4.20. The molecule has 0 saturated carbocycles. The van der Waals surface area contributed by atoms with Gasteiger partial charge in [-0.3, -0.25) is 0 Å². The van der Waals surface area contributed by atoms with E-state index in [-0.39, 0.29) is 11.0 Å². The van der Waals surface area contributed by atoms with Crippen LogP contribution in [-0.2, 0) is 9.05 Å². The van der Waals surface area contributed by atoms with Gasteiger partial charge in [-0.2, -0.15) is 0 Å². The maximum atomic E-state index is 10.6. The van der Waals surface area contributed by atoms with Gasteiger partial charge in [0.05, 0.1) is 0 Å². The lowest BCUT2D eigenvalue weighted by Crippen LogP contribution is -2.00. The number of rotatable bonds is 1. The summed E-state index contributed by atoms with van der Waals surface area (Å²) in [5, 5.41) is -0.285. The van der Waals surface area contributed by atoms with Gasteiger partial charge in [0.15, 0.2) is 5.03 Å². The zero-order valence-electron chi connectivity index (χ0n) is 5.23. The molecule has 0 amide bonds. The zero-order valence-corrected chi connectivity index (χ0v) is 6.80. The van der Waals surface area contributed by atoms with Gasteiger partial charge in [-0.15, -0.1) is 0 Å². The summed E-state index contributed by atoms with van der Waals surface area (Å²) >= 11 is 0. The fraction of sp³-hybridized carbons (Fsp3) is 0. The second-order valence-electron chi connectivity index (χ2n) is 1.69. The highest BCUT2D eigenvalue weighted by Crippen LogP contribution is 2.10. The minimum absolute atomic E-state index is 0.119. The van der Waals surface area contributed by atoms with Gasteiger partial charge in [0.1, 0.15) is 0 Å². The largest absolute Gasteiger partial charge is 0.368 e. The predicted molar refractivity (Wildman–Crippen MR) is 39.5 cm³/mol. The van der Waals surface area contributed by atoms with Crippen LogP contribution in [0, 0.1) is 0 Å². The Morgan fingerprint density at radius 2 is 2.18 bits per heavy atom. The number of aromatic nitrogens is 2. The Balaban J connectivity index is 3.28. The molecule has 2 N–H and O–H groups in total. The molecule has 1 aromatic rings. The van der Waals surface area contributed by atoms with E-state index >= 15 is 0 Å². The smallest absolute Gasteiger partial charge is 0.278 e. The molecule has 7 heteroatoms. The van der Waals surface area contributed by atoms with Crippen LogP contribution in [0.5, 0.6) is 0 Å². The average molecular weight is 194 g/mol. The van der Waals surface area contributed by atoms with Crippen molar-refractivity contribution >= 4 is 25.7 Å². The summed E-state index contributed by atoms with van der Waals surface area (Å²) < 4.78 is 21.2. The summed E-state index contributed by atoms with van der Waals surface area (Å²) in [4.78, 5) is 6.89. The molecular formula is C4H4ClN3O2S. The van der Waals surface area contributed by atoms with Gasteiger partial charge in [-0.1, -0.05) is 0 Å². The first-order valence-electron chi connectivity index (χ1n) is 2.53. The molecule has 60 valence electrons. The van der Waals surface area contributed by atoms with Crippen LogP contribution in [0.4, 0.5) is 5.95 Å². The molecule has 0 aliphatic rings. The Labute approximate surface area is 67.6 Å². The monoisotopic (exact) mass is 193 g/mol. The van der Waals surface area contributed by atoms with E-state index in [2.05, 4.69) is 9.97 Å². The van der Waals surface area contributed by atoms with Gasteiger partial charge in [0, 0.05) is 16.9 Å². The number of nitrogens with two attached hydrogens (primary N) is 1. The van der Waals surface area contributed by atoms with Gasteiger partial charge in [0.2, 0.25) is 5.95 Å². The Kier molecular flexibility index (Phi) is 1.97. The summed E-state index contributed by atoms with van der Waals surface area (Å²) in [5.74, 6) is -0.119. The summed E-state index contributed by atoms with van der Waals surface area (Å²) in [5.41, 5.74) is 5.11. The Bertz CT molecular complexity index is 363. The zero-order chi connectivity index (χ0) is 8.48. The fourth-order valence-electron chi connectivity index (χ4n) is 0.492. The van der Waals surface area contributed by atoms with Crippen molar-refractivity contribution in [2.24, 2.45) is 0 Å². The predicted octanol–water partition coefficient (Wildman–Crippen LogP) is -0.0137. The summed E-state index contributed by atoms with van der Waals surface area (Å²) in [6.07, 6.45) is 1.22. The first kappa shape index (κ1) is 8.22. The quantitative estimate of drug-likeness (QED) is 0.501. The van der Waals surface area contributed by atoms with E-state index in [4.69, 9.17) is 16.4 Å². The van der Waals surface area contributed by atoms with Crippen LogP contribution in [0.15, 0.2) is 17.3 Å². The summed E-state index contributed by atoms with van der Waals surface area (Å²) in [7, 11) is 1.17. The molecule has 0 spiro atoms. The van der Waals surface area contributed by atoms with Crippen molar-refractivity contribution in [3.63, 3.8) is 0 Å². The molecule has 0 radical (unpaired) electrons. The van der Waals surface area contributed by atoms with E-state index in [1.807, 2.05) is 0 Å². The van der Waals surface area contributed by atoms with Crippen molar-refractivity contribution in [3.05, 3.63) is 12.3 Å². The van der Waals surface area contributed by atoms with Crippen molar-refractivity contribution in [2.75, 3.05) is 5.73 Å². The van der Waals surface area contributed by atoms with Crippen molar-refractivity contribution in [1.82, 2.24) is 9.97 Å². The lowest BCUT2D eigenvalue weighted by molar-refractivity contribution is 0.606. The number of hydrogen-bond donors (Lipinski definition) is 1. The Hall–Kier alpha value is -0.880. The minimum atomic E-state index is -3.78. The van der Waals surface area contributed by atoms with Crippen LogP contribution in [-0.4, -0.2) is 18.4 Å². The molecule has 0 atom stereocenters. The molecule has 0 aromatic carbocycles. The van der Waals surface area contributed by atoms with Gasteiger partial charge < -0.3 is 5.73 Å². The minimum Gasteiger partial charge on any atom is -0.368 e. The van der Waals surface area contributed by atoms with Gasteiger partial charge >= 0.3 is 0 Å². The topological polar surface area (TPSA) is 85.9 Å². The Morgan fingerprint density at radius 1 is 1.55 bits per heavy atom. The van der Waals surface area contributed by atoms with Crippen molar-refractivity contribution in [3.8, 4) is 0 Å². The first-order valence-corrected chi connectivity index (χ1v) is 4.84. The first-order chi connectivity index (χ1) is 5.00. The molecule has 1 rings (SSSR count). The SMILES string of the molecule is Nc1nccc(S(=O)(=O)Cl)n1. The summed E-state index contributed by atoms with van der Waals surface area (Å²) in [6, 6.07) is 1.17. The number of hydrogen-bond acceptors (Lipinski definition) is 5. The maximum absolute atomic E-state index is 10.6. The van der Waals surface area contributed by atoms with E-state index in [1.165, 1.54) is 12.3 Å².